The van der Waals surface area contributed by atoms with Crippen LogP contribution in [0.2, 0.25) is 0 Å². The number of hydrogen-bond acceptors (Lipinski definition) is 3. The van der Waals surface area contributed by atoms with Crippen LogP contribution < -0.4 is 4.90 Å². The maximum atomic E-state index is 11.5. The molecule has 1 N–H and O–H groups in total. The van der Waals surface area contributed by atoms with Crippen molar-refractivity contribution in [2.45, 2.75) is 26.7 Å². The van der Waals surface area contributed by atoms with Gasteiger partial charge in [0, 0.05) is 5.56 Å². The van der Waals surface area contributed by atoms with E-state index < -0.39 is 6.09 Å². The molecule has 19 heavy (non-hydrogen) atoms. The summed E-state index contributed by atoms with van der Waals surface area (Å²) in [4.78, 5) is 12.6. The van der Waals surface area contributed by atoms with Crippen LogP contribution in [0, 0.1) is 6.92 Å². The number of hydrogen-bond donors (Lipinski definition) is 1. The minimum Gasteiger partial charge on any atom is -0.464 e. The summed E-state index contributed by atoms with van der Waals surface area (Å²) in [6.07, 6.45) is 0.622. The lowest BCUT2D eigenvalue weighted by atomic mass is 10.1. The lowest BCUT2D eigenvalue weighted by Crippen LogP contribution is -2.23. The molecule has 1 aromatic carbocycles. The summed E-state index contributed by atoms with van der Waals surface area (Å²) in [5, 5.41) is 13.3. The van der Waals surface area contributed by atoms with Gasteiger partial charge in [-0.3, -0.25) is 0 Å². The van der Waals surface area contributed by atoms with Crippen LogP contribution >= 0.6 is 0 Å². The molecule has 0 saturated carbocycles. The van der Waals surface area contributed by atoms with Crippen LogP contribution in [-0.4, -0.2) is 16.4 Å². The molecule has 2 aromatic rings. The van der Waals surface area contributed by atoms with Gasteiger partial charge in [0.1, 0.15) is 0 Å². The quantitative estimate of drug-likeness (QED) is 0.909. The topological polar surface area (TPSA) is 66.6 Å². The number of rotatable bonds is 4. The van der Waals surface area contributed by atoms with Gasteiger partial charge in [0.25, 0.3) is 0 Å². The largest absolute Gasteiger partial charge is 0.464 e. The predicted molar refractivity (Wildman–Crippen MR) is 71.8 cm³/mol. The molecule has 1 amide bonds. The van der Waals surface area contributed by atoms with Crippen molar-refractivity contribution in [3.8, 4) is 0 Å². The number of aromatic nitrogens is 1. The lowest BCUT2D eigenvalue weighted by molar-refractivity contribution is 0.203. The van der Waals surface area contributed by atoms with Gasteiger partial charge < -0.3 is 9.63 Å². The van der Waals surface area contributed by atoms with E-state index in [9.17, 15) is 9.90 Å². The zero-order valence-electron chi connectivity index (χ0n) is 11.0. The Kier molecular flexibility index (Phi) is 3.85. The summed E-state index contributed by atoms with van der Waals surface area (Å²) in [7, 11) is 0. The molecular weight excluding hydrogens is 244 g/mol. The fourth-order valence-corrected chi connectivity index (χ4v) is 1.93. The number of carboxylic acid groups (broad SMARTS) is 1. The highest BCUT2D eigenvalue weighted by molar-refractivity contribution is 5.93. The monoisotopic (exact) mass is 260 g/mol. The van der Waals surface area contributed by atoms with Gasteiger partial charge in [0.05, 0.1) is 11.4 Å². The van der Waals surface area contributed by atoms with Gasteiger partial charge in [-0.2, -0.15) is 0 Å². The molecule has 0 aliphatic heterocycles. The molecule has 0 aliphatic carbocycles. The van der Waals surface area contributed by atoms with E-state index in [0.717, 1.165) is 29.0 Å². The van der Waals surface area contributed by atoms with Gasteiger partial charge in [-0.15, -0.1) is 0 Å². The number of carbonyl (C=O) groups is 1. The van der Waals surface area contributed by atoms with E-state index in [1.807, 2.05) is 19.9 Å². The second-order valence-corrected chi connectivity index (χ2v) is 4.26. The van der Waals surface area contributed by atoms with Crippen molar-refractivity contribution in [2.24, 2.45) is 0 Å². The van der Waals surface area contributed by atoms with Crippen molar-refractivity contribution in [3.05, 3.63) is 41.6 Å². The maximum absolute atomic E-state index is 11.5. The summed E-state index contributed by atoms with van der Waals surface area (Å²) in [6.45, 7) is 3.87. The number of amides is 1. The van der Waals surface area contributed by atoms with E-state index in [1.54, 1.807) is 24.3 Å². The number of benzene rings is 1. The molecule has 0 radical (unpaired) electrons. The molecule has 100 valence electrons. The SMILES string of the molecule is CCCc1noc(N(C(=O)O)c2ccccc2)c1C. The molecule has 0 bridgehead atoms. The van der Waals surface area contributed by atoms with Gasteiger partial charge in [-0.05, 0) is 25.5 Å². The first-order chi connectivity index (χ1) is 9.15. The summed E-state index contributed by atoms with van der Waals surface area (Å²) in [5.74, 6) is 0.266. The highest BCUT2D eigenvalue weighted by atomic mass is 16.5. The van der Waals surface area contributed by atoms with Crippen LogP contribution in [0.3, 0.4) is 0 Å². The minimum absolute atomic E-state index is 0.266. The molecule has 2 rings (SSSR count). The molecule has 0 spiro atoms. The molecule has 5 nitrogen and oxygen atoms in total. The molecule has 0 aliphatic rings. The average Bonchev–Trinajstić information content (AvgIpc) is 2.74. The molecule has 1 aromatic heterocycles. The molecule has 5 heteroatoms. The highest BCUT2D eigenvalue weighted by Gasteiger charge is 2.24. The van der Waals surface area contributed by atoms with Crippen LogP contribution in [-0.2, 0) is 6.42 Å². The van der Waals surface area contributed by atoms with Crippen LogP contribution in [0.25, 0.3) is 0 Å². The highest BCUT2D eigenvalue weighted by Crippen LogP contribution is 2.30. The Morgan fingerprint density at radius 1 is 1.37 bits per heavy atom. The fraction of sp³-hybridized carbons (Fsp3) is 0.286. The van der Waals surface area contributed by atoms with Crippen molar-refractivity contribution >= 4 is 17.7 Å². The number of para-hydroxylation sites is 1. The third-order valence-corrected chi connectivity index (χ3v) is 2.89. The fourth-order valence-electron chi connectivity index (χ4n) is 1.93. The molecule has 0 saturated heterocycles. The molecule has 1 heterocycles. The zero-order chi connectivity index (χ0) is 13.8. The van der Waals surface area contributed by atoms with E-state index in [2.05, 4.69) is 5.16 Å². The van der Waals surface area contributed by atoms with Crippen molar-refractivity contribution in [3.63, 3.8) is 0 Å². The van der Waals surface area contributed by atoms with Crippen molar-refractivity contribution in [1.29, 1.82) is 0 Å². The van der Waals surface area contributed by atoms with Crippen molar-refractivity contribution in [2.75, 3.05) is 4.90 Å². The van der Waals surface area contributed by atoms with E-state index in [4.69, 9.17) is 4.52 Å². The van der Waals surface area contributed by atoms with Gasteiger partial charge in [0.15, 0.2) is 0 Å². The summed E-state index contributed by atoms with van der Waals surface area (Å²) < 4.78 is 5.22. The van der Waals surface area contributed by atoms with E-state index in [0.29, 0.717) is 5.69 Å². The van der Waals surface area contributed by atoms with Crippen LogP contribution in [0.1, 0.15) is 24.6 Å². The third kappa shape index (κ3) is 2.59. The Bertz CT molecular complexity index is 563. The van der Waals surface area contributed by atoms with Crippen molar-refractivity contribution < 1.29 is 14.4 Å². The molecule has 0 atom stereocenters. The second kappa shape index (κ2) is 5.56. The summed E-state index contributed by atoms with van der Waals surface area (Å²) in [6, 6.07) is 8.83. The van der Waals surface area contributed by atoms with E-state index >= 15 is 0 Å². The second-order valence-electron chi connectivity index (χ2n) is 4.26. The Balaban J connectivity index is 2.43. The van der Waals surface area contributed by atoms with Crippen LogP contribution in [0.15, 0.2) is 34.9 Å². The Hall–Kier alpha value is -2.30. The maximum Gasteiger partial charge on any atom is 0.418 e. The Morgan fingerprint density at radius 3 is 2.63 bits per heavy atom. The van der Waals surface area contributed by atoms with Crippen LogP contribution in [0.4, 0.5) is 16.4 Å². The Morgan fingerprint density at radius 2 is 2.05 bits per heavy atom. The normalized spacial score (nSPS) is 10.4. The van der Waals surface area contributed by atoms with Crippen molar-refractivity contribution in [1.82, 2.24) is 5.16 Å². The smallest absolute Gasteiger partial charge is 0.418 e. The van der Waals surface area contributed by atoms with Gasteiger partial charge in [-0.1, -0.05) is 36.7 Å². The van der Waals surface area contributed by atoms with Gasteiger partial charge in [0.2, 0.25) is 5.88 Å². The zero-order valence-corrected chi connectivity index (χ0v) is 11.0. The number of anilines is 2. The van der Waals surface area contributed by atoms with Gasteiger partial charge >= 0.3 is 6.09 Å². The molecular formula is C14H16N2O3. The first-order valence-corrected chi connectivity index (χ1v) is 6.18. The molecule has 0 unspecified atom stereocenters. The average molecular weight is 260 g/mol. The van der Waals surface area contributed by atoms with E-state index in [-0.39, 0.29) is 5.88 Å². The standard InChI is InChI=1S/C14H16N2O3/c1-3-7-12-10(2)13(19-15-12)16(14(17)18)11-8-5-4-6-9-11/h4-6,8-9H,3,7H2,1-2H3,(H,17,18). The van der Waals surface area contributed by atoms with E-state index in [1.165, 1.54) is 0 Å². The van der Waals surface area contributed by atoms with Crippen LogP contribution in [0.5, 0.6) is 0 Å². The lowest BCUT2D eigenvalue weighted by Gasteiger charge is -2.16. The third-order valence-electron chi connectivity index (χ3n) is 2.89. The first kappa shape index (κ1) is 13.1. The molecule has 0 fully saturated rings. The number of aryl methyl sites for hydroxylation is 1. The summed E-state index contributed by atoms with van der Waals surface area (Å²) >= 11 is 0. The minimum atomic E-state index is -1.09. The summed E-state index contributed by atoms with van der Waals surface area (Å²) in [5.41, 5.74) is 2.12. The Labute approximate surface area is 111 Å². The number of nitrogens with zero attached hydrogens (tertiary/aromatic N) is 2. The van der Waals surface area contributed by atoms with Gasteiger partial charge in [-0.25, -0.2) is 9.69 Å². The first-order valence-electron chi connectivity index (χ1n) is 6.18. The predicted octanol–water partition coefficient (Wildman–Crippen LogP) is 3.75.